The molecule has 3 N–H and O–H groups in total. The van der Waals surface area contributed by atoms with Gasteiger partial charge in [-0.05, 0) is 30.8 Å². The third kappa shape index (κ3) is 4.04. The largest absolute Gasteiger partial charge is 0.374 e. The van der Waals surface area contributed by atoms with E-state index in [4.69, 9.17) is 22.2 Å². The molecule has 106 valence electrons. The lowest BCUT2D eigenvalue weighted by molar-refractivity contribution is 0.128. The molecule has 20 heavy (non-hydrogen) atoms. The lowest BCUT2D eigenvalue weighted by atomic mass is 10.5. The van der Waals surface area contributed by atoms with E-state index in [9.17, 15) is 0 Å². The number of hydrogen-bond donors (Lipinski definition) is 2. The van der Waals surface area contributed by atoms with E-state index in [1.807, 2.05) is 6.92 Å². The molecule has 0 saturated carbocycles. The molecule has 0 spiro atoms. The molecule has 0 amide bonds. The van der Waals surface area contributed by atoms with E-state index in [0.29, 0.717) is 39.9 Å². The number of nitrogens with two attached hydrogens (primary N) is 1. The van der Waals surface area contributed by atoms with Crippen molar-refractivity contribution < 1.29 is 4.74 Å². The Morgan fingerprint density at radius 3 is 3.00 bits per heavy atom. The zero-order valence-electron chi connectivity index (χ0n) is 10.8. The van der Waals surface area contributed by atoms with Gasteiger partial charge in [-0.25, -0.2) is 20.8 Å². The fourth-order valence-corrected chi connectivity index (χ4v) is 2.44. The average molecular weight is 312 g/mol. The highest BCUT2D eigenvalue weighted by molar-refractivity contribution is 7.99. The first-order valence-corrected chi connectivity index (χ1v) is 7.13. The number of nitrogen functional groups attached to an aromatic ring is 1. The molecule has 0 aliphatic carbocycles. The van der Waals surface area contributed by atoms with Gasteiger partial charge in [0, 0.05) is 18.9 Å². The van der Waals surface area contributed by atoms with Gasteiger partial charge >= 0.3 is 0 Å². The van der Waals surface area contributed by atoms with E-state index in [2.05, 4.69) is 20.4 Å². The first-order valence-electron chi connectivity index (χ1n) is 5.93. The minimum atomic E-state index is 0.329. The first kappa shape index (κ1) is 15.0. The third-order valence-corrected chi connectivity index (χ3v) is 3.61. The van der Waals surface area contributed by atoms with Crippen LogP contribution in [-0.2, 0) is 11.3 Å². The van der Waals surface area contributed by atoms with Gasteiger partial charge in [0.2, 0.25) is 0 Å². The van der Waals surface area contributed by atoms with Crippen molar-refractivity contribution in [3.05, 3.63) is 35.2 Å². The molecule has 6 nitrogen and oxygen atoms in total. The summed E-state index contributed by atoms with van der Waals surface area (Å²) >= 11 is 7.43. The highest BCUT2D eigenvalue weighted by Crippen LogP contribution is 2.30. The Balaban J connectivity index is 2.24. The van der Waals surface area contributed by atoms with Crippen LogP contribution in [0.2, 0.25) is 5.02 Å². The molecule has 2 aromatic rings. The second-order valence-corrected chi connectivity index (χ2v) is 5.10. The number of nitrogens with one attached hydrogen (secondary N) is 1. The number of hydrogen-bond acceptors (Lipinski definition) is 7. The maximum Gasteiger partial charge on any atom is 0.157 e. The Hall–Kier alpha value is -1.41. The van der Waals surface area contributed by atoms with Crippen LogP contribution in [0.5, 0.6) is 0 Å². The molecule has 0 aliphatic rings. The monoisotopic (exact) mass is 311 g/mol. The normalized spacial score (nSPS) is 10.6. The highest BCUT2D eigenvalue weighted by Gasteiger charge is 2.09. The van der Waals surface area contributed by atoms with Gasteiger partial charge in [-0.2, -0.15) is 0 Å². The molecule has 8 heteroatoms. The third-order valence-electron chi connectivity index (χ3n) is 2.26. The molecule has 0 unspecified atom stereocenters. The summed E-state index contributed by atoms with van der Waals surface area (Å²) in [6.45, 7) is 2.84. The number of hydrazine groups is 1. The minimum Gasteiger partial charge on any atom is -0.374 e. The van der Waals surface area contributed by atoms with Crippen molar-refractivity contribution in [2.45, 2.75) is 23.6 Å². The van der Waals surface area contributed by atoms with Crippen molar-refractivity contribution in [1.82, 2.24) is 15.0 Å². The smallest absolute Gasteiger partial charge is 0.157 e. The summed E-state index contributed by atoms with van der Waals surface area (Å²) in [7, 11) is 0. The van der Waals surface area contributed by atoms with Gasteiger partial charge in [-0.15, -0.1) is 0 Å². The predicted molar refractivity (Wildman–Crippen MR) is 78.5 cm³/mol. The van der Waals surface area contributed by atoms with Crippen LogP contribution in [-0.4, -0.2) is 21.6 Å². The molecule has 0 fully saturated rings. The Morgan fingerprint density at radius 2 is 2.30 bits per heavy atom. The first-order chi connectivity index (χ1) is 9.72. The van der Waals surface area contributed by atoms with E-state index >= 15 is 0 Å². The fraction of sp³-hybridized carbons (Fsp3) is 0.250. The number of halogens is 1. The van der Waals surface area contributed by atoms with Crippen molar-refractivity contribution in [1.29, 1.82) is 0 Å². The Labute approximate surface area is 126 Å². The van der Waals surface area contributed by atoms with Crippen LogP contribution in [0, 0.1) is 0 Å². The van der Waals surface area contributed by atoms with E-state index in [0.717, 1.165) is 0 Å². The molecule has 0 radical (unpaired) electrons. The van der Waals surface area contributed by atoms with Crippen LogP contribution in [0.1, 0.15) is 12.7 Å². The van der Waals surface area contributed by atoms with Crippen molar-refractivity contribution >= 4 is 29.2 Å². The van der Waals surface area contributed by atoms with E-state index in [1.54, 1.807) is 24.4 Å². The number of rotatable bonds is 6. The molecule has 2 heterocycles. The molecule has 0 atom stereocenters. The molecular weight excluding hydrogens is 298 g/mol. The second-order valence-electron chi connectivity index (χ2n) is 3.68. The Kier molecular flexibility index (Phi) is 5.54. The molecule has 0 saturated heterocycles. The predicted octanol–water partition coefficient (Wildman–Crippen LogP) is 2.50. The zero-order valence-corrected chi connectivity index (χ0v) is 12.4. The summed E-state index contributed by atoms with van der Waals surface area (Å²) < 4.78 is 5.30. The number of ether oxygens (including phenoxy) is 1. The lowest BCUT2D eigenvalue weighted by Gasteiger charge is -2.07. The SMILES string of the molecule is CCOCc1nc(NN)cc(Sc2ncccc2Cl)n1. The highest BCUT2D eigenvalue weighted by atomic mass is 35.5. The Morgan fingerprint density at radius 1 is 1.45 bits per heavy atom. The molecule has 2 rings (SSSR count). The van der Waals surface area contributed by atoms with Crippen LogP contribution >= 0.6 is 23.4 Å². The fourth-order valence-electron chi connectivity index (χ4n) is 1.40. The summed E-state index contributed by atoms with van der Waals surface area (Å²) in [5.74, 6) is 6.48. The van der Waals surface area contributed by atoms with Gasteiger partial charge in [0.05, 0.1) is 5.02 Å². The van der Waals surface area contributed by atoms with Crippen molar-refractivity contribution in [2.75, 3.05) is 12.0 Å². The molecule has 0 aliphatic heterocycles. The average Bonchev–Trinajstić information content (AvgIpc) is 2.47. The van der Waals surface area contributed by atoms with Crippen molar-refractivity contribution in [2.24, 2.45) is 5.84 Å². The zero-order chi connectivity index (χ0) is 14.4. The van der Waals surface area contributed by atoms with E-state index in [1.165, 1.54) is 11.8 Å². The Bertz CT molecular complexity index is 584. The molecule has 2 aromatic heterocycles. The molecule has 0 aromatic carbocycles. The van der Waals surface area contributed by atoms with Crippen LogP contribution < -0.4 is 11.3 Å². The summed E-state index contributed by atoms with van der Waals surface area (Å²) in [4.78, 5) is 12.8. The maximum atomic E-state index is 6.08. The lowest BCUT2D eigenvalue weighted by Crippen LogP contribution is -2.11. The van der Waals surface area contributed by atoms with Gasteiger partial charge in [-0.1, -0.05) is 11.6 Å². The quantitative estimate of drug-likeness (QED) is 0.481. The summed E-state index contributed by atoms with van der Waals surface area (Å²) in [6, 6.07) is 5.28. The summed E-state index contributed by atoms with van der Waals surface area (Å²) in [5, 5.41) is 1.95. The van der Waals surface area contributed by atoms with E-state index < -0.39 is 0 Å². The summed E-state index contributed by atoms with van der Waals surface area (Å²) in [5.41, 5.74) is 2.51. The van der Waals surface area contributed by atoms with Crippen LogP contribution in [0.15, 0.2) is 34.4 Å². The number of aromatic nitrogens is 3. The standard InChI is InChI=1S/C12H14ClN5OS/c1-2-19-7-10-16-9(18-14)6-11(17-10)20-12-8(13)4-3-5-15-12/h3-6H,2,7,14H2,1H3,(H,16,17,18). The number of anilines is 1. The minimum absolute atomic E-state index is 0.329. The van der Waals surface area contributed by atoms with Crippen molar-refractivity contribution in [3.8, 4) is 0 Å². The van der Waals surface area contributed by atoms with Gasteiger partial charge in [0.15, 0.2) is 5.82 Å². The van der Waals surface area contributed by atoms with Gasteiger partial charge < -0.3 is 10.2 Å². The topological polar surface area (TPSA) is 86.0 Å². The van der Waals surface area contributed by atoms with Gasteiger partial charge in [0.1, 0.15) is 22.5 Å². The van der Waals surface area contributed by atoms with Crippen LogP contribution in [0.3, 0.4) is 0 Å². The van der Waals surface area contributed by atoms with E-state index in [-0.39, 0.29) is 0 Å². The van der Waals surface area contributed by atoms with Crippen molar-refractivity contribution in [3.63, 3.8) is 0 Å². The van der Waals surface area contributed by atoms with Crippen LogP contribution in [0.25, 0.3) is 0 Å². The van der Waals surface area contributed by atoms with Gasteiger partial charge in [0.25, 0.3) is 0 Å². The second kappa shape index (κ2) is 7.39. The molecule has 0 bridgehead atoms. The number of nitrogens with zero attached hydrogens (tertiary/aromatic N) is 3. The number of pyridine rings is 1. The van der Waals surface area contributed by atoms with Crippen LogP contribution in [0.4, 0.5) is 5.82 Å². The maximum absolute atomic E-state index is 6.08. The summed E-state index contributed by atoms with van der Waals surface area (Å²) in [6.07, 6.45) is 1.68. The van der Waals surface area contributed by atoms with Gasteiger partial charge in [-0.3, -0.25) is 0 Å². The molecular formula is C12H14ClN5OS.